The van der Waals surface area contributed by atoms with E-state index in [1.807, 2.05) is 0 Å². The van der Waals surface area contributed by atoms with Crippen LogP contribution in [0.3, 0.4) is 0 Å². The molecule has 0 aromatic carbocycles. The van der Waals surface area contributed by atoms with Crippen molar-refractivity contribution in [1.29, 1.82) is 0 Å². The number of carbonyl (C=O) groups is 2. The number of rotatable bonds is 51. The number of nitrogens with one attached hydrogen (secondary N) is 1. The van der Waals surface area contributed by atoms with E-state index in [-0.39, 0.29) is 24.9 Å². The molecule has 0 saturated carbocycles. The Morgan fingerprint density at radius 1 is 0.446 bits per heavy atom. The first-order valence-electron chi connectivity index (χ1n) is 28.4. The zero-order valence-electron chi connectivity index (χ0n) is 43.4. The molecule has 0 radical (unpaired) electrons. The predicted octanol–water partition coefficient (Wildman–Crippen LogP) is 17.4. The van der Waals surface area contributed by atoms with Gasteiger partial charge in [0.2, 0.25) is 5.91 Å². The van der Waals surface area contributed by atoms with Crippen LogP contribution in [0.2, 0.25) is 0 Å². The lowest BCUT2D eigenvalue weighted by Crippen LogP contribution is -2.46. The van der Waals surface area contributed by atoms with E-state index < -0.39 is 18.2 Å². The fraction of sp³-hybridized carbons (Fsp3) is 0.831. The quantitative estimate of drug-likeness (QED) is 0.0245. The molecule has 0 bridgehead atoms. The molecule has 0 aliphatic heterocycles. The summed E-state index contributed by atoms with van der Waals surface area (Å²) in [5, 5.41) is 23.8. The van der Waals surface area contributed by atoms with Crippen molar-refractivity contribution in [3.63, 3.8) is 0 Å². The van der Waals surface area contributed by atoms with Crippen molar-refractivity contribution in [2.45, 2.75) is 309 Å². The Labute approximate surface area is 404 Å². The monoisotopic (exact) mass is 912 g/mol. The van der Waals surface area contributed by atoms with E-state index in [1.54, 1.807) is 0 Å². The molecule has 3 unspecified atom stereocenters. The maximum absolute atomic E-state index is 13.2. The van der Waals surface area contributed by atoms with Crippen LogP contribution in [0.4, 0.5) is 0 Å². The van der Waals surface area contributed by atoms with Crippen molar-refractivity contribution in [1.82, 2.24) is 5.32 Å². The molecule has 0 fully saturated rings. The van der Waals surface area contributed by atoms with Gasteiger partial charge in [0.15, 0.2) is 0 Å². The number of amides is 1. The Kier molecular flexibility index (Phi) is 51.0. The molecule has 0 aromatic heterocycles. The second-order valence-electron chi connectivity index (χ2n) is 19.4. The molecule has 1 amide bonds. The van der Waals surface area contributed by atoms with Gasteiger partial charge in [0.25, 0.3) is 0 Å². The van der Waals surface area contributed by atoms with Crippen molar-refractivity contribution < 1.29 is 24.5 Å². The van der Waals surface area contributed by atoms with Gasteiger partial charge >= 0.3 is 5.97 Å². The number of hydrogen-bond donors (Lipinski definition) is 3. The molecule has 0 rings (SSSR count). The molecule has 0 saturated heterocycles. The van der Waals surface area contributed by atoms with Gasteiger partial charge in [-0.25, -0.2) is 0 Å². The summed E-state index contributed by atoms with van der Waals surface area (Å²) in [6, 6.07) is -0.713. The maximum Gasteiger partial charge on any atom is 0.306 e. The predicted molar refractivity (Wildman–Crippen MR) is 282 cm³/mol. The third-order valence-electron chi connectivity index (χ3n) is 12.9. The Balaban J connectivity index is 4.63. The highest BCUT2D eigenvalue weighted by Crippen LogP contribution is 2.18. The molecule has 380 valence electrons. The summed E-state index contributed by atoms with van der Waals surface area (Å²) in [6.07, 6.45) is 64.6. The van der Waals surface area contributed by atoms with E-state index in [4.69, 9.17) is 4.74 Å². The minimum absolute atomic E-state index is 0.0545. The Bertz CT molecular complexity index is 1110. The Hall–Kier alpha value is -2.18. The van der Waals surface area contributed by atoms with Crippen LogP contribution in [0.5, 0.6) is 0 Å². The lowest BCUT2D eigenvalue weighted by molar-refractivity contribution is -0.151. The van der Waals surface area contributed by atoms with Gasteiger partial charge in [-0.2, -0.15) is 0 Å². The lowest BCUT2D eigenvalue weighted by atomic mass is 10.0. The van der Waals surface area contributed by atoms with Crippen LogP contribution in [-0.4, -0.2) is 46.9 Å². The standard InChI is InChI=1S/C59H109NO5/c1-4-7-10-13-16-19-22-25-27-29-31-34-37-40-43-46-49-52-59(64)65-55(50-47-44-41-38-35-33-30-28-26-23-20-17-14-11-8-5-2)53-58(63)60-56(54-61)57(62)51-48-45-42-39-36-32-24-21-18-15-12-9-6-3/h23,25-28,30,33,35,55-57,61-62H,4-22,24,29,31-32,34,36-54H2,1-3H3,(H,60,63)/b26-23+,27-25+,30-28+,35-33+. The molecule has 3 atom stereocenters. The smallest absolute Gasteiger partial charge is 0.306 e. The second kappa shape index (κ2) is 52.8. The van der Waals surface area contributed by atoms with Gasteiger partial charge in [0.1, 0.15) is 6.10 Å². The number of carbonyl (C=O) groups excluding carboxylic acids is 2. The zero-order chi connectivity index (χ0) is 47.4. The van der Waals surface area contributed by atoms with E-state index in [2.05, 4.69) is 74.7 Å². The van der Waals surface area contributed by atoms with Gasteiger partial charge in [0, 0.05) is 6.42 Å². The van der Waals surface area contributed by atoms with Gasteiger partial charge in [-0.3, -0.25) is 9.59 Å². The fourth-order valence-electron chi connectivity index (χ4n) is 8.60. The van der Waals surface area contributed by atoms with Crippen LogP contribution >= 0.6 is 0 Å². The van der Waals surface area contributed by atoms with E-state index in [9.17, 15) is 19.8 Å². The van der Waals surface area contributed by atoms with Gasteiger partial charge in [-0.15, -0.1) is 0 Å². The van der Waals surface area contributed by atoms with Crippen molar-refractivity contribution in [3.8, 4) is 0 Å². The summed E-state index contributed by atoms with van der Waals surface area (Å²) >= 11 is 0. The molecule has 0 aromatic rings. The van der Waals surface area contributed by atoms with Crippen molar-refractivity contribution in [2.24, 2.45) is 0 Å². The molecule has 0 spiro atoms. The third-order valence-corrected chi connectivity index (χ3v) is 12.9. The SMILES string of the molecule is CCCCCCC/C=C/C=C/C=C/CCCCCC(CC(=O)NC(CO)C(O)CCCCCCCCCCCCCCC)OC(=O)CCCCCCCCC/C=C/CCCCCCCC. The summed E-state index contributed by atoms with van der Waals surface area (Å²) in [4.78, 5) is 26.2. The molecule has 6 heteroatoms. The van der Waals surface area contributed by atoms with Gasteiger partial charge in [-0.05, 0) is 77.0 Å². The fourth-order valence-corrected chi connectivity index (χ4v) is 8.60. The number of aliphatic hydroxyl groups is 2. The summed E-state index contributed by atoms with van der Waals surface area (Å²) < 4.78 is 5.94. The summed E-state index contributed by atoms with van der Waals surface area (Å²) in [5.74, 6) is -0.503. The van der Waals surface area contributed by atoms with Crippen LogP contribution in [-0.2, 0) is 14.3 Å². The summed E-state index contributed by atoms with van der Waals surface area (Å²) in [7, 11) is 0. The average molecular weight is 913 g/mol. The van der Waals surface area contributed by atoms with Crippen LogP contribution in [0, 0.1) is 0 Å². The molecule has 0 aliphatic carbocycles. The first-order chi connectivity index (χ1) is 32.0. The maximum atomic E-state index is 13.2. The van der Waals surface area contributed by atoms with Crippen LogP contribution in [0.1, 0.15) is 290 Å². The van der Waals surface area contributed by atoms with Crippen molar-refractivity contribution in [3.05, 3.63) is 48.6 Å². The normalized spacial score (nSPS) is 13.5. The highest BCUT2D eigenvalue weighted by molar-refractivity contribution is 5.77. The first kappa shape index (κ1) is 62.8. The summed E-state index contributed by atoms with van der Waals surface area (Å²) in [6.45, 7) is 6.47. The number of ether oxygens (including phenoxy) is 1. The molecule has 0 heterocycles. The van der Waals surface area contributed by atoms with E-state index >= 15 is 0 Å². The van der Waals surface area contributed by atoms with E-state index in [0.717, 1.165) is 70.6 Å². The van der Waals surface area contributed by atoms with E-state index in [0.29, 0.717) is 19.3 Å². The minimum atomic E-state index is -0.798. The van der Waals surface area contributed by atoms with E-state index in [1.165, 1.54) is 173 Å². The number of esters is 1. The zero-order valence-corrected chi connectivity index (χ0v) is 43.4. The highest BCUT2D eigenvalue weighted by atomic mass is 16.5. The minimum Gasteiger partial charge on any atom is -0.462 e. The number of aliphatic hydroxyl groups excluding tert-OH is 2. The molecular formula is C59H109NO5. The molecule has 65 heavy (non-hydrogen) atoms. The van der Waals surface area contributed by atoms with Crippen molar-refractivity contribution in [2.75, 3.05) is 6.61 Å². The first-order valence-corrected chi connectivity index (χ1v) is 28.4. The van der Waals surface area contributed by atoms with Crippen molar-refractivity contribution >= 4 is 11.9 Å². The van der Waals surface area contributed by atoms with Gasteiger partial charge < -0.3 is 20.3 Å². The largest absolute Gasteiger partial charge is 0.462 e. The highest BCUT2D eigenvalue weighted by Gasteiger charge is 2.24. The van der Waals surface area contributed by atoms with Gasteiger partial charge in [-0.1, -0.05) is 249 Å². The van der Waals surface area contributed by atoms with Gasteiger partial charge in [0.05, 0.1) is 25.2 Å². The molecular weight excluding hydrogens is 803 g/mol. The topological polar surface area (TPSA) is 95.9 Å². The molecule has 6 nitrogen and oxygen atoms in total. The number of hydrogen-bond acceptors (Lipinski definition) is 5. The number of allylic oxidation sites excluding steroid dienone is 8. The molecule has 3 N–H and O–H groups in total. The Morgan fingerprint density at radius 3 is 1.23 bits per heavy atom. The van der Waals surface area contributed by atoms with Crippen LogP contribution in [0.15, 0.2) is 48.6 Å². The number of unbranched alkanes of at least 4 members (excludes halogenated alkanes) is 33. The Morgan fingerprint density at radius 2 is 0.800 bits per heavy atom. The summed E-state index contributed by atoms with van der Waals surface area (Å²) in [5.41, 5.74) is 0. The average Bonchev–Trinajstić information content (AvgIpc) is 3.30. The molecule has 0 aliphatic rings. The van der Waals surface area contributed by atoms with Crippen LogP contribution in [0.25, 0.3) is 0 Å². The lowest BCUT2D eigenvalue weighted by Gasteiger charge is -2.24. The second-order valence-corrected chi connectivity index (χ2v) is 19.4. The van der Waals surface area contributed by atoms with Crippen LogP contribution < -0.4 is 5.32 Å². The third kappa shape index (κ3) is 48.1.